The van der Waals surface area contributed by atoms with Gasteiger partial charge in [0.25, 0.3) is 5.91 Å². The van der Waals surface area contributed by atoms with Crippen molar-refractivity contribution in [3.8, 4) is 0 Å². The van der Waals surface area contributed by atoms with Crippen LogP contribution in [0.1, 0.15) is 46.8 Å². The molecule has 0 atom stereocenters. The lowest BCUT2D eigenvalue weighted by Crippen LogP contribution is -2.54. The van der Waals surface area contributed by atoms with Crippen molar-refractivity contribution in [2.75, 3.05) is 26.2 Å². The van der Waals surface area contributed by atoms with Gasteiger partial charge in [-0.25, -0.2) is 0 Å². The first kappa shape index (κ1) is 24.1. The Balaban J connectivity index is 1.41. The molecule has 2 heterocycles. The monoisotopic (exact) mass is 477 g/mol. The third kappa shape index (κ3) is 4.89. The second-order valence-electron chi connectivity index (χ2n) is 9.16. The Kier molecular flexibility index (Phi) is 7.12. The first-order valence-electron chi connectivity index (χ1n) is 11.6. The lowest BCUT2D eigenvalue weighted by Gasteiger charge is -2.39. The van der Waals surface area contributed by atoms with Crippen molar-refractivity contribution in [2.24, 2.45) is 0 Å². The van der Waals surface area contributed by atoms with E-state index in [0.717, 1.165) is 27.5 Å². The highest BCUT2D eigenvalue weighted by atomic mass is 32.2. The van der Waals surface area contributed by atoms with Gasteiger partial charge in [0, 0.05) is 42.4 Å². The van der Waals surface area contributed by atoms with Crippen LogP contribution in [0.5, 0.6) is 0 Å². The van der Waals surface area contributed by atoms with E-state index in [9.17, 15) is 9.59 Å². The van der Waals surface area contributed by atoms with E-state index >= 15 is 0 Å². The van der Waals surface area contributed by atoms with Crippen LogP contribution in [-0.2, 0) is 16.0 Å². The van der Waals surface area contributed by atoms with E-state index in [0.29, 0.717) is 37.5 Å². The Morgan fingerprint density at radius 1 is 0.941 bits per heavy atom. The molecule has 0 N–H and O–H groups in total. The Hall–Kier alpha value is -3.06. The van der Waals surface area contributed by atoms with E-state index in [-0.39, 0.29) is 11.8 Å². The van der Waals surface area contributed by atoms with Gasteiger partial charge >= 0.3 is 0 Å². The summed E-state index contributed by atoms with van der Waals surface area (Å²) in [5.74, 6) is 1.62. The van der Waals surface area contributed by atoms with E-state index < -0.39 is 5.41 Å². The first-order chi connectivity index (χ1) is 16.3. The smallest absolute Gasteiger partial charge is 0.255 e. The van der Waals surface area contributed by atoms with Crippen molar-refractivity contribution >= 4 is 23.6 Å². The molecular formula is C27H31N3O3S. The first-order valence-corrected chi connectivity index (χ1v) is 12.6. The molecule has 0 aliphatic carbocycles. The van der Waals surface area contributed by atoms with E-state index in [1.165, 1.54) is 0 Å². The van der Waals surface area contributed by atoms with Crippen molar-refractivity contribution in [2.45, 2.75) is 43.8 Å². The van der Waals surface area contributed by atoms with Gasteiger partial charge in [-0.15, -0.1) is 11.8 Å². The maximum atomic E-state index is 13.4. The van der Waals surface area contributed by atoms with Crippen LogP contribution in [0.2, 0.25) is 0 Å². The molecule has 178 valence electrons. The molecule has 1 aromatic heterocycles. The third-order valence-electron chi connectivity index (χ3n) is 6.55. The van der Waals surface area contributed by atoms with Crippen molar-refractivity contribution in [1.82, 2.24) is 15.0 Å². The number of carbonyl (C=O) groups excluding carboxylic acids is 2. The summed E-state index contributed by atoms with van der Waals surface area (Å²) >= 11 is 1.62. The average Bonchev–Trinajstić information content (AvgIpc) is 3.19. The predicted molar refractivity (Wildman–Crippen MR) is 134 cm³/mol. The summed E-state index contributed by atoms with van der Waals surface area (Å²) in [4.78, 5) is 31.3. The van der Waals surface area contributed by atoms with Gasteiger partial charge in [0.05, 0.1) is 16.7 Å². The van der Waals surface area contributed by atoms with Crippen molar-refractivity contribution in [1.29, 1.82) is 0 Å². The molecule has 0 saturated carbocycles. The molecule has 0 bridgehead atoms. The summed E-state index contributed by atoms with van der Waals surface area (Å²) in [6.07, 6.45) is 0. The Bertz CT molecular complexity index is 1150. The van der Waals surface area contributed by atoms with Crippen LogP contribution in [0.25, 0.3) is 0 Å². The molecular weight excluding hydrogens is 446 g/mol. The van der Waals surface area contributed by atoms with Crippen LogP contribution < -0.4 is 0 Å². The Morgan fingerprint density at radius 2 is 1.56 bits per heavy atom. The highest BCUT2D eigenvalue weighted by Gasteiger charge is 2.36. The number of benzene rings is 2. The normalized spacial score (nSPS) is 14.4. The topological polar surface area (TPSA) is 66.7 Å². The number of hydrogen-bond donors (Lipinski definition) is 0. The van der Waals surface area contributed by atoms with Gasteiger partial charge in [-0.05, 0) is 45.4 Å². The van der Waals surface area contributed by atoms with Gasteiger partial charge in [0.15, 0.2) is 0 Å². The Morgan fingerprint density at radius 3 is 2.21 bits per heavy atom. The summed E-state index contributed by atoms with van der Waals surface area (Å²) in [5, 5.41) is 4.02. The molecule has 2 aromatic carbocycles. The van der Waals surface area contributed by atoms with E-state index in [4.69, 9.17) is 4.52 Å². The molecule has 1 aliphatic heterocycles. The predicted octanol–water partition coefficient (Wildman–Crippen LogP) is 4.85. The van der Waals surface area contributed by atoms with Gasteiger partial charge in [0.1, 0.15) is 5.76 Å². The van der Waals surface area contributed by atoms with Crippen LogP contribution in [0, 0.1) is 13.8 Å². The third-order valence-corrected chi connectivity index (χ3v) is 7.65. The van der Waals surface area contributed by atoms with Crippen LogP contribution in [-0.4, -0.2) is 52.9 Å². The summed E-state index contributed by atoms with van der Waals surface area (Å²) in [6.45, 7) is 9.90. The SMILES string of the molecule is Cc1noc(C)c1CSc1ccccc1C(=O)N1CCN(C(=O)C(C)(C)c2ccccc2)CC1. The quantitative estimate of drug-likeness (QED) is 0.475. The number of piperazine rings is 1. The van der Waals surface area contributed by atoms with E-state index in [1.807, 2.05) is 92.1 Å². The molecule has 1 aliphatic rings. The zero-order valence-corrected chi connectivity index (χ0v) is 21.0. The largest absolute Gasteiger partial charge is 0.361 e. The second-order valence-corrected chi connectivity index (χ2v) is 10.2. The molecule has 0 radical (unpaired) electrons. The van der Waals surface area contributed by atoms with Crippen molar-refractivity contribution in [3.63, 3.8) is 0 Å². The van der Waals surface area contributed by atoms with Crippen LogP contribution in [0.4, 0.5) is 0 Å². The molecule has 4 rings (SSSR count). The van der Waals surface area contributed by atoms with Gasteiger partial charge in [0.2, 0.25) is 5.91 Å². The molecule has 0 unspecified atom stereocenters. The number of nitrogens with zero attached hydrogens (tertiary/aromatic N) is 3. The van der Waals surface area contributed by atoms with Crippen LogP contribution in [0.15, 0.2) is 64.0 Å². The van der Waals surface area contributed by atoms with Gasteiger partial charge < -0.3 is 14.3 Å². The molecule has 7 heteroatoms. The molecule has 1 fully saturated rings. The summed E-state index contributed by atoms with van der Waals surface area (Å²) < 4.78 is 5.27. The van der Waals surface area contributed by atoms with Crippen LogP contribution >= 0.6 is 11.8 Å². The summed E-state index contributed by atoms with van der Waals surface area (Å²) in [5.41, 5.74) is 3.05. The zero-order chi connectivity index (χ0) is 24.3. The molecule has 34 heavy (non-hydrogen) atoms. The maximum absolute atomic E-state index is 13.4. The highest BCUT2D eigenvalue weighted by molar-refractivity contribution is 7.98. The van der Waals surface area contributed by atoms with Crippen molar-refractivity contribution < 1.29 is 14.1 Å². The standard InChI is InChI=1S/C27H31N3O3S/c1-19-23(20(2)33-28-19)18-34-24-13-9-8-12-22(24)25(31)29-14-16-30(17-15-29)26(32)27(3,4)21-10-6-5-7-11-21/h5-13H,14-18H2,1-4H3. The number of rotatable bonds is 6. The number of hydrogen-bond acceptors (Lipinski definition) is 5. The molecule has 1 saturated heterocycles. The van der Waals surface area contributed by atoms with Crippen molar-refractivity contribution in [3.05, 3.63) is 82.7 Å². The minimum absolute atomic E-state index is 0.0104. The van der Waals surface area contributed by atoms with Gasteiger partial charge in [-0.3, -0.25) is 9.59 Å². The zero-order valence-electron chi connectivity index (χ0n) is 20.2. The van der Waals surface area contributed by atoms with E-state index in [2.05, 4.69) is 5.16 Å². The maximum Gasteiger partial charge on any atom is 0.255 e. The van der Waals surface area contributed by atoms with Crippen LogP contribution in [0.3, 0.4) is 0 Å². The minimum Gasteiger partial charge on any atom is -0.361 e. The summed E-state index contributed by atoms with van der Waals surface area (Å²) in [6, 6.07) is 17.6. The second kappa shape index (κ2) is 10.1. The lowest BCUT2D eigenvalue weighted by molar-refractivity contribution is -0.137. The fourth-order valence-corrected chi connectivity index (χ4v) is 5.48. The Labute approximate surface area is 205 Å². The average molecular weight is 478 g/mol. The molecule has 3 aromatic rings. The van der Waals surface area contributed by atoms with Gasteiger partial charge in [-0.1, -0.05) is 47.6 Å². The minimum atomic E-state index is -0.602. The molecule has 2 amide bonds. The lowest BCUT2D eigenvalue weighted by atomic mass is 9.83. The number of aryl methyl sites for hydroxylation is 2. The number of carbonyl (C=O) groups is 2. The molecule has 0 spiro atoms. The number of amides is 2. The summed E-state index contributed by atoms with van der Waals surface area (Å²) in [7, 11) is 0. The fraction of sp³-hybridized carbons (Fsp3) is 0.370. The number of aromatic nitrogens is 1. The number of thioether (sulfide) groups is 1. The van der Waals surface area contributed by atoms with Gasteiger partial charge in [-0.2, -0.15) is 0 Å². The fourth-order valence-electron chi connectivity index (χ4n) is 4.28. The molecule has 6 nitrogen and oxygen atoms in total. The van der Waals surface area contributed by atoms with E-state index in [1.54, 1.807) is 11.8 Å². The highest BCUT2D eigenvalue weighted by Crippen LogP contribution is 2.30.